The summed E-state index contributed by atoms with van der Waals surface area (Å²) in [5, 5.41) is 18.8. The Kier molecular flexibility index (Phi) is 633. The molecule has 0 aliphatic rings. The molecule has 0 N–H and O–H groups in total. The first-order valence-corrected chi connectivity index (χ1v) is 0.671. The number of hydrogen-bond donors (Lipinski definition) is 0. The van der Waals surface area contributed by atoms with Crippen LogP contribution in [0, 0.1) is 35.5 Å². The summed E-state index contributed by atoms with van der Waals surface area (Å²) < 4.78 is 0. The van der Waals surface area contributed by atoms with Gasteiger partial charge in [0.05, 0.1) is 0 Å². The van der Waals surface area contributed by atoms with E-state index in [1.807, 2.05) is 0 Å². The molecule has 0 aromatic heterocycles. The molecule has 0 unspecified atom stereocenters. The van der Waals surface area contributed by atoms with E-state index in [1.54, 1.807) is 0 Å². The van der Waals surface area contributed by atoms with Crippen LogP contribution in [-0.4, -0.2) is 0 Å². The maximum Gasteiger partial charge on any atom is 0 e. The standard InChI is InChI=1S/3CN.Pt/c3*1-2;/q3*-1;. The van der Waals surface area contributed by atoms with Crippen molar-refractivity contribution in [3.8, 4) is 0 Å². The van der Waals surface area contributed by atoms with E-state index in [0.29, 0.717) is 0 Å². The first-order valence-electron chi connectivity index (χ1n) is 0.671. The summed E-state index contributed by atoms with van der Waals surface area (Å²) in [5.74, 6) is 0. The first kappa shape index (κ1) is 35.2. The van der Waals surface area contributed by atoms with Crippen LogP contribution in [0.1, 0.15) is 0 Å². The third-order valence-electron chi connectivity index (χ3n) is 0. The summed E-state index contributed by atoms with van der Waals surface area (Å²) in [5.41, 5.74) is 0. The molecule has 0 aromatic rings. The molecule has 4 heteroatoms. The van der Waals surface area contributed by atoms with Gasteiger partial charge in [0.15, 0.2) is 0 Å². The third kappa shape index (κ3) is 72.6. The Hall–Kier alpha value is -0.842. The van der Waals surface area contributed by atoms with Gasteiger partial charge in [-0.25, -0.2) is 0 Å². The maximum atomic E-state index is 6.25. The number of hydrogen-bond acceptors (Lipinski definition) is 3. The molecule has 0 aliphatic carbocycles. The molecule has 0 rings (SSSR count). The molecular weight excluding hydrogens is 273 g/mol. The summed E-state index contributed by atoms with van der Waals surface area (Å²) in [4.78, 5) is 0. The van der Waals surface area contributed by atoms with Crippen molar-refractivity contribution in [2.24, 2.45) is 0 Å². The number of nitrogens with zero attached hydrogens (tertiary/aromatic N) is 3. The van der Waals surface area contributed by atoms with Crippen LogP contribution >= 0.6 is 0 Å². The number of rotatable bonds is 0. The van der Waals surface area contributed by atoms with Gasteiger partial charge in [-0.3, -0.25) is 0 Å². The summed E-state index contributed by atoms with van der Waals surface area (Å²) in [6, 6.07) is 0. The molecular formula is C3N3Pt-3. The van der Waals surface area contributed by atoms with Gasteiger partial charge in [-0.1, -0.05) is 0 Å². The van der Waals surface area contributed by atoms with Crippen molar-refractivity contribution in [2.45, 2.75) is 0 Å². The van der Waals surface area contributed by atoms with E-state index >= 15 is 0 Å². The molecule has 0 fully saturated rings. The molecule has 3 nitrogen and oxygen atoms in total. The van der Waals surface area contributed by atoms with Crippen LogP contribution in [0.5, 0.6) is 0 Å². The van der Waals surface area contributed by atoms with Crippen molar-refractivity contribution in [1.29, 1.82) is 15.8 Å². The average molecular weight is 273 g/mol. The monoisotopic (exact) mass is 273 g/mol. The van der Waals surface area contributed by atoms with Gasteiger partial charge in [0.2, 0.25) is 0 Å². The van der Waals surface area contributed by atoms with Crippen molar-refractivity contribution in [3.63, 3.8) is 0 Å². The Morgan fingerprint density at radius 2 is 0.571 bits per heavy atom. The van der Waals surface area contributed by atoms with Crippen molar-refractivity contribution in [1.82, 2.24) is 0 Å². The second kappa shape index (κ2) is 126. The molecule has 0 aromatic carbocycles. The quantitative estimate of drug-likeness (QED) is 0.595. The molecule has 0 heterocycles. The van der Waals surface area contributed by atoms with E-state index in [-0.39, 0.29) is 21.1 Å². The summed E-state index contributed by atoms with van der Waals surface area (Å²) in [7, 11) is 0. The van der Waals surface area contributed by atoms with E-state index < -0.39 is 0 Å². The minimum Gasteiger partial charge on any atom is -0.512 e. The Labute approximate surface area is 57.0 Å². The van der Waals surface area contributed by atoms with Gasteiger partial charge in [0, 0.05) is 21.1 Å². The fraction of sp³-hybridized carbons (Fsp3) is 0. The zero-order chi connectivity index (χ0) is 6.00. The van der Waals surface area contributed by atoms with Crippen LogP contribution in [0.4, 0.5) is 0 Å². The van der Waals surface area contributed by atoms with Crippen LogP contribution in [0.15, 0.2) is 0 Å². The predicted molar refractivity (Wildman–Crippen MR) is 14.9 cm³/mol. The SMILES string of the molecule is [C-]#N.[C-]#N.[C-]#N.[Pt]. The van der Waals surface area contributed by atoms with Gasteiger partial charge in [0.1, 0.15) is 0 Å². The van der Waals surface area contributed by atoms with E-state index in [2.05, 4.69) is 0 Å². The Morgan fingerprint density at radius 3 is 0.571 bits per heavy atom. The third-order valence-corrected chi connectivity index (χ3v) is 0. The van der Waals surface area contributed by atoms with Gasteiger partial charge >= 0.3 is 0 Å². The van der Waals surface area contributed by atoms with Gasteiger partial charge in [-0.15, -0.1) is 0 Å². The topological polar surface area (TPSA) is 71.4 Å². The van der Waals surface area contributed by atoms with E-state index in [4.69, 9.17) is 35.5 Å². The van der Waals surface area contributed by atoms with Gasteiger partial charge in [-0.05, 0) is 0 Å². The maximum absolute atomic E-state index is 6.25. The molecule has 0 bridgehead atoms. The van der Waals surface area contributed by atoms with Crippen molar-refractivity contribution >= 4 is 0 Å². The molecule has 0 radical (unpaired) electrons. The van der Waals surface area contributed by atoms with Crippen LogP contribution < -0.4 is 0 Å². The van der Waals surface area contributed by atoms with Crippen LogP contribution in [0.2, 0.25) is 0 Å². The van der Waals surface area contributed by atoms with E-state index in [9.17, 15) is 0 Å². The molecule has 0 saturated carbocycles. The Morgan fingerprint density at radius 1 is 0.571 bits per heavy atom. The zero-order valence-corrected chi connectivity index (χ0v) is 5.43. The Bertz CT molecular complexity index is 38.7. The van der Waals surface area contributed by atoms with Crippen LogP contribution in [0.3, 0.4) is 0 Å². The van der Waals surface area contributed by atoms with Crippen molar-refractivity contribution < 1.29 is 21.1 Å². The molecule has 0 aliphatic heterocycles. The van der Waals surface area contributed by atoms with Crippen molar-refractivity contribution in [3.05, 3.63) is 19.7 Å². The molecule has 7 heavy (non-hydrogen) atoms. The van der Waals surface area contributed by atoms with Gasteiger partial charge in [0.25, 0.3) is 0 Å². The second-order valence-corrected chi connectivity index (χ2v) is 0. The fourth-order valence-electron chi connectivity index (χ4n) is 0. The van der Waals surface area contributed by atoms with E-state index in [0.717, 1.165) is 0 Å². The normalized spacial score (nSPS) is 0.857. The van der Waals surface area contributed by atoms with Crippen LogP contribution in [0.25, 0.3) is 0 Å². The summed E-state index contributed by atoms with van der Waals surface area (Å²) in [6.45, 7) is 14.2. The van der Waals surface area contributed by atoms with Gasteiger partial charge < -0.3 is 35.5 Å². The largest absolute Gasteiger partial charge is 0.512 e. The van der Waals surface area contributed by atoms with Crippen LogP contribution in [-0.2, 0) is 21.1 Å². The molecule has 0 saturated heterocycles. The minimum atomic E-state index is 0. The fourth-order valence-corrected chi connectivity index (χ4v) is 0. The van der Waals surface area contributed by atoms with E-state index in [1.165, 1.54) is 0 Å². The van der Waals surface area contributed by atoms with Crippen molar-refractivity contribution in [2.75, 3.05) is 0 Å². The molecule has 40 valence electrons. The summed E-state index contributed by atoms with van der Waals surface area (Å²) >= 11 is 0. The zero-order valence-electron chi connectivity index (χ0n) is 3.16. The summed E-state index contributed by atoms with van der Waals surface area (Å²) in [6.07, 6.45) is 0. The average Bonchev–Trinajstić information content (AvgIpc) is 1.81. The smallest absolute Gasteiger partial charge is 0 e. The second-order valence-electron chi connectivity index (χ2n) is 0. The molecule has 0 amide bonds. The Balaban J connectivity index is -0.00000000900. The molecule has 0 spiro atoms. The minimum absolute atomic E-state index is 0. The molecule has 0 atom stereocenters. The first-order chi connectivity index (χ1) is 3.00. The van der Waals surface area contributed by atoms with Gasteiger partial charge in [-0.2, -0.15) is 0 Å². The predicted octanol–water partition coefficient (Wildman–Crippen LogP) is 0.287.